The zero-order valence-corrected chi connectivity index (χ0v) is 16.8. The number of hydrogen-bond acceptors (Lipinski definition) is 6. The number of methoxy groups -OCH3 is 2. The van der Waals surface area contributed by atoms with Crippen LogP contribution in [0.5, 0.6) is 17.2 Å². The summed E-state index contributed by atoms with van der Waals surface area (Å²) in [7, 11) is -0.777. The molecule has 0 aromatic heterocycles. The Hall–Kier alpha value is -2.78. The van der Waals surface area contributed by atoms with Crippen LogP contribution in [-0.2, 0) is 10.0 Å². The van der Waals surface area contributed by atoms with Crippen LogP contribution in [0.25, 0.3) is 0 Å². The molecule has 0 heterocycles. The summed E-state index contributed by atoms with van der Waals surface area (Å²) >= 11 is 0. The van der Waals surface area contributed by atoms with Crippen LogP contribution in [-0.4, -0.2) is 48.2 Å². The van der Waals surface area contributed by atoms with E-state index < -0.39 is 15.9 Å². The van der Waals surface area contributed by atoms with E-state index in [1.54, 1.807) is 30.3 Å². The number of carbonyl (C=O) groups excluding carboxylic acids is 1. The van der Waals surface area contributed by atoms with Crippen molar-refractivity contribution in [1.29, 1.82) is 0 Å². The van der Waals surface area contributed by atoms with E-state index in [4.69, 9.17) is 14.2 Å². The maximum atomic E-state index is 12.4. The van der Waals surface area contributed by atoms with Crippen LogP contribution in [0.2, 0.25) is 0 Å². The Morgan fingerprint density at radius 1 is 0.964 bits per heavy atom. The van der Waals surface area contributed by atoms with Gasteiger partial charge in [0.2, 0.25) is 10.0 Å². The third-order valence-electron chi connectivity index (χ3n) is 3.80. The average Bonchev–Trinajstić information content (AvgIpc) is 2.71. The molecule has 9 heteroatoms. The molecule has 0 spiro atoms. The maximum Gasteiger partial charge on any atom is 0.258 e. The van der Waals surface area contributed by atoms with Crippen LogP contribution in [0, 0.1) is 0 Å². The summed E-state index contributed by atoms with van der Waals surface area (Å²) in [6, 6.07) is 11.1. The highest BCUT2D eigenvalue weighted by molar-refractivity contribution is 7.89. The number of carbonyl (C=O) groups is 1. The van der Waals surface area contributed by atoms with Crippen LogP contribution < -0.4 is 24.2 Å². The molecular weight excluding hydrogens is 384 g/mol. The standard InChI is InChI=1S/C19H24N2O6S/c1-4-27-14-8-10-15(11-9-14)28(23,24)21-13-12-20-19(22)18-16(25-2)6-5-7-17(18)26-3/h5-11,21H,4,12-13H2,1-3H3,(H,20,22). The lowest BCUT2D eigenvalue weighted by atomic mass is 10.1. The third kappa shape index (κ3) is 5.37. The van der Waals surface area contributed by atoms with Gasteiger partial charge in [-0.25, -0.2) is 13.1 Å². The number of benzene rings is 2. The Balaban J connectivity index is 1.94. The van der Waals surface area contributed by atoms with Crippen LogP contribution >= 0.6 is 0 Å². The first-order chi connectivity index (χ1) is 13.4. The zero-order chi connectivity index (χ0) is 20.6. The van der Waals surface area contributed by atoms with Crippen molar-refractivity contribution in [3.63, 3.8) is 0 Å². The molecule has 152 valence electrons. The topological polar surface area (TPSA) is 103 Å². The van der Waals surface area contributed by atoms with Gasteiger partial charge < -0.3 is 19.5 Å². The first-order valence-corrected chi connectivity index (χ1v) is 10.1. The third-order valence-corrected chi connectivity index (χ3v) is 5.28. The summed E-state index contributed by atoms with van der Waals surface area (Å²) in [5, 5.41) is 2.65. The van der Waals surface area contributed by atoms with Gasteiger partial charge in [-0.1, -0.05) is 6.07 Å². The van der Waals surface area contributed by atoms with E-state index in [2.05, 4.69) is 10.0 Å². The van der Waals surface area contributed by atoms with Crippen molar-refractivity contribution in [2.45, 2.75) is 11.8 Å². The van der Waals surface area contributed by atoms with Gasteiger partial charge in [-0.15, -0.1) is 0 Å². The molecule has 0 bridgehead atoms. The fourth-order valence-corrected chi connectivity index (χ4v) is 3.52. The van der Waals surface area contributed by atoms with Gasteiger partial charge in [0.25, 0.3) is 5.91 Å². The Morgan fingerprint density at radius 2 is 1.57 bits per heavy atom. The molecule has 0 unspecified atom stereocenters. The molecule has 0 aliphatic carbocycles. The minimum atomic E-state index is -3.69. The second-order valence-electron chi connectivity index (χ2n) is 5.60. The maximum absolute atomic E-state index is 12.4. The van der Waals surface area contributed by atoms with Crippen molar-refractivity contribution < 1.29 is 27.4 Å². The fraction of sp³-hybridized carbons (Fsp3) is 0.316. The second-order valence-corrected chi connectivity index (χ2v) is 7.36. The molecule has 0 radical (unpaired) electrons. The molecule has 2 N–H and O–H groups in total. The Morgan fingerprint density at radius 3 is 2.11 bits per heavy atom. The van der Waals surface area contributed by atoms with Gasteiger partial charge >= 0.3 is 0 Å². The smallest absolute Gasteiger partial charge is 0.258 e. The highest BCUT2D eigenvalue weighted by Gasteiger charge is 2.18. The first kappa shape index (κ1) is 21.5. The van der Waals surface area contributed by atoms with E-state index in [1.165, 1.54) is 26.4 Å². The van der Waals surface area contributed by atoms with Crippen molar-refractivity contribution in [2.75, 3.05) is 33.9 Å². The SMILES string of the molecule is CCOc1ccc(S(=O)(=O)NCCNC(=O)c2c(OC)cccc2OC)cc1. The van der Waals surface area contributed by atoms with Crippen molar-refractivity contribution >= 4 is 15.9 Å². The molecule has 0 saturated heterocycles. The Bertz CT molecular complexity index is 875. The minimum Gasteiger partial charge on any atom is -0.496 e. The molecule has 2 aromatic carbocycles. The number of nitrogens with one attached hydrogen (secondary N) is 2. The molecule has 8 nitrogen and oxygen atoms in total. The number of rotatable bonds is 10. The van der Waals surface area contributed by atoms with Gasteiger partial charge in [0.1, 0.15) is 22.8 Å². The molecule has 2 aromatic rings. The van der Waals surface area contributed by atoms with Crippen molar-refractivity contribution in [3.05, 3.63) is 48.0 Å². The molecular formula is C19H24N2O6S. The van der Waals surface area contributed by atoms with E-state index in [9.17, 15) is 13.2 Å². The van der Waals surface area contributed by atoms with Crippen molar-refractivity contribution in [3.8, 4) is 17.2 Å². The lowest BCUT2D eigenvalue weighted by molar-refractivity contribution is 0.0948. The predicted octanol–water partition coefficient (Wildman–Crippen LogP) is 1.81. The average molecular weight is 408 g/mol. The van der Waals surface area contributed by atoms with E-state index >= 15 is 0 Å². The lowest BCUT2D eigenvalue weighted by Crippen LogP contribution is -2.35. The van der Waals surface area contributed by atoms with Gasteiger partial charge in [0.15, 0.2) is 0 Å². The highest BCUT2D eigenvalue weighted by Crippen LogP contribution is 2.27. The molecule has 28 heavy (non-hydrogen) atoms. The van der Waals surface area contributed by atoms with Crippen molar-refractivity contribution in [1.82, 2.24) is 10.0 Å². The van der Waals surface area contributed by atoms with Gasteiger partial charge in [0, 0.05) is 13.1 Å². The number of hydrogen-bond donors (Lipinski definition) is 2. The summed E-state index contributed by atoms with van der Waals surface area (Å²) in [6.45, 7) is 2.47. The fourth-order valence-electron chi connectivity index (χ4n) is 2.49. The minimum absolute atomic E-state index is 0.0265. The summed E-state index contributed by atoms with van der Waals surface area (Å²) in [5.41, 5.74) is 0.252. The second kappa shape index (κ2) is 9.95. The molecule has 0 atom stereocenters. The Labute approximate surface area is 164 Å². The quantitative estimate of drug-likeness (QED) is 0.581. The van der Waals surface area contributed by atoms with Gasteiger partial charge in [-0.3, -0.25) is 4.79 Å². The van der Waals surface area contributed by atoms with Crippen LogP contribution in [0.15, 0.2) is 47.4 Å². The van der Waals surface area contributed by atoms with E-state index in [0.29, 0.717) is 23.9 Å². The number of ether oxygens (including phenoxy) is 3. The highest BCUT2D eigenvalue weighted by atomic mass is 32.2. The predicted molar refractivity (Wildman–Crippen MR) is 105 cm³/mol. The van der Waals surface area contributed by atoms with Crippen molar-refractivity contribution in [2.24, 2.45) is 0 Å². The summed E-state index contributed by atoms with van der Waals surface area (Å²) in [5.74, 6) is 0.910. The van der Waals surface area contributed by atoms with Crippen LogP contribution in [0.3, 0.4) is 0 Å². The summed E-state index contributed by atoms with van der Waals surface area (Å²) in [4.78, 5) is 12.6. The number of amides is 1. The zero-order valence-electron chi connectivity index (χ0n) is 16.0. The monoisotopic (exact) mass is 408 g/mol. The van der Waals surface area contributed by atoms with Crippen LogP contribution in [0.1, 0.15) is 17.3 Å². The summed E-state index contributed by atoms with van der Waals surface area (Å²) < 4.78 is 42.7. The molecule has 2 rings (SSSR count). The normalized spacial score (nSPS) is 11.0. The van der Waals surface area contributed by atoms with E-state index in [1.807, 2.05) is 6.92 Å². The largest absolute Gasteiger partial charge is 0.496 e. The van der Waals surface area contributed by atoms with Gasteiger partial charge in [-0.2, -0.15) is 0 Å². The molecule has 0 aliphatic rings. The van der Waals surface area contributed by atoms with E-state index in [-0.39, 0.29) is 23.5 Å². The first-order valence-electron chi connectivity index (χ1n) is 8.64. The molecule has 0 aliphatic heterocycles. The molecule has 0 fully saturated rings. The van der Waals surface area contributed by atoms with Gasteiger partial charge in [-0.05, 0) is 43.3 Å². The summed E-state index contributed by atoms with van der Waals surface area (Å²) in [6.07, 6.45) is 0. The number of sulfonamides is 1. The van der Waals surface area contributed by atoms with Gasteiger partial charge in [0.05, 0.1) is 25.7 Å². The molecule has 1 amide bonds. The van der Waals surface area contributed by atoms with Crippen LogP contribution in [0.4, 0.5) is 0 Å². The Kier molecular flexibility index (Phi) is 7.65. The van der Waals surface area contributed by atoms with E-state index in [0.717, 1.165) is 0 Å². The lowest BCUT2D eigenvalue weighted by Gasteiger charge is -2.13. The molecule has 0 saturated carbocycles.